The van der Waals surface area contributed by atoms with E-state index in [0.29, 0.717) is 12.8 Å². The molecule has 14 heteroatoms. The van der Waals surface area contributed by atoms with Crippen molar-refractivity contribution in [2.45, 2.75) is 43.8 Å². The fraction of sp³-hybridized carbons (Fsp3) is 0.600. The number of rotatable bonds is 10. The van der Waals surface area contributed by atoms with E-state index >= 15 is 0 Å². The number of hydrogen-bond donors (Lipinski definition) is 8. The maximum atomic E-state index is 11.5. The van der Waals surface area contributed by atoms with Crippen molar-refractivity contribution in [2.75, 3.05) is 12.3 Å². The largest absolute Gasteiger partial charge is 0.480 e. The number of carboxylic acids is 3. The Morgan fingerprint density at radius 3 is 2.21 bits per heavy atom. The van der Waals surface area contributed by atoms with Crippen LogP contribution in [0.15, 0.2) is 0 Å². The molecular formula is C15H24N4O9S. The van der Waals surface area contributed by atoms with Gasteiger partial charge in [0.1, 0.15) is 24.7 Å². The quantitative estimate of drug-likeness (QED) is 0.163. The molecule has 1 saturated heterocycles. The molecule has 3 atom stereocenters. The highest BCUT2D eigenvalue weighted by Crippen LogP contribution is 2.05. The number of nitrogens with two attached hydrogens (primary N) is 1. The zero-order valence-corrected chi connectivity index (χ0v) is 16.2. The molecular weight excluding hydrogens is 412 g/mol. The Morgan fingerprint density at radius 1 is 1.21 bits per heavy atom. The molecule has 0 unspecified atom stereocenters. The first-order valence-corrected chi connectivity index (χ1v) is 9.01. The molecule has 0 radical (unpaired) electrons. The first kappa shape index (κ1) is 26.1. The average Bonchev–Trinajstić information content (AvgIpc) is 3.09. The van der Waals surface area contributed by atoms with E-state index < -0.39 is 54.4 Å². The van der Waals surface area contributed by atoms with E-state index in [4.69, 9.17) is 21.1 Å². The van der Waals surface area contributed by atoms with E-state index in [1.54, 1.807) is 0 Å². The lowest BCUT2D eigenvalue weighted by Gasteiger charge is -2.16. The molecule has 13 nitrogen and oxygen atoms in total. The van der Waals surface area contributed by atoms with E-state index in [0.717, 1.165) is 0 Å². The van der Waals surface area contributed by atoms with Crippen LogP contribution in [0.5, 0.6) is 0 Å². The van der Waals surface area contributed by atoms with Gasteiger partial charge in [-0.15, -0.1) is 0 Å². The summed E-state index contributed by atoms with van der Waals surface area (Å²) in [6, 6.07) is -2.79. The predicted octanol–water partition coefficient (Wildman–Crippen LogP) is -2.86. The Morgan fingerprint density at radius 2 is 1.83 bits per heavy atom. The van der Waals surface area contributed by atoms with Crippen LogP contribution in [-0.4, -0.2) is 81.4 Å². The molecule has 1 heterocycles. The van der Waals surface area contributed by atoms with Crippen LogP contribution in [0.1, 0.15) is 25.7 Å². The van der Waals surface area contributed by atoms with Crippen LogP contribution >= 0.6 is 12.6 Å². The van der Waals surface area contributed by atoms with Crippen molar-refractivity contribution in [3.05, 3.63) is 0 Å². The van der Waals surface area contributed by atoms with Gasteiger partial charge < -0.3 is 37.0 Å². The van der Waals surface area contributed by atoms with Gasteiger partial charge in [-0.25, -0.2) is 4.79 Å². The van der Waals surface area contributed by atoms with Crippen molar-refractivity contribution in [2.24, 2.45) is 5.73 Å². The average molecular weight is 436 g/mol. The SMILES string of the molecule is N[C@@H](CCC(=O)N[C@@H](CS)C(=O)NCC(=O)O)C(=O)O.O=C1CC[C@@H](C(=O)O)N1. The van der Waals surface area contributed by atoms with Gasteiger partial charge in [-0.3, -0.25) is 24.0 Å². The van der Waals surface area contributed by atoms with Gasteiger partial charge in [0.05, 0.1) is 0 Å². The zero-order chi connectivity index (χ0) is 22.6. The molecule has 164 valence electrons. The topological polar surface area (TPSA) is 225 Å². The maximum Gasteiger partial charge on any atom is 0.326 e. The Hall–Kier alpha value is -2.87. The van der Waals surface area contributed by atoms with Gasteiger partial charge in [-0.1, -0.05) is 0 Å². The second kappa shape index (κ2) is 13.3. The van der Waals surface area contributed by atoms with E-state index in [-0.39, 0.29) is 24.5 Å². The van der Waals surface area contributed by atoms with Crippen molar-refractivity contribution < 1.29 is 44.1 Å². The monoisotopic (exact) mass is 436 g/mol. The second-order valence-corrected chi connectivity index (χ2v) is 6.26. The van der Waals surface area contributed by atoms with Gasteiger partial charge >= 0.3 is 17.9 Å². The highest BCUT2D eigenvalue weighted by atomic mass is 32.1. The standard InChI is InChI=1S/C10H17N3O6S.C5H7NO3/c11-5(10(18)19)1-2-7(14)13-6(4-20)9(17)12-3-8(15)16;7-4-2-1-3(6-4)5(8)9/h5-6,20H,1-4,11H2,(H,12,17)(H,13,14)(H,15,16)(H,18,19);3H,1-2H2,(H,6,7)(H,8,9)/t5-,6-;3-/m00/s1. The van der Waals surface area contributed by atoms with Gasteiger partial charge in [-0.05, 0) is 12.8 Å². The van der Waals surface area contributed by atoms with Gasteiger partial charge in [0.2, 0.25) is 17.7 Å². The summed E-state index contributed by atoms with van der Waals surface area (Å²) in [5.41, 5.74) is 5.23. The summed E-state index contributed by atoms with van der Waals surface area (Å²) >= 11 is 3.87. The van der Waals surface area contributed by atoms with Crippen LogP contribution < -0.4 is 21.7 Å². The Bertz CT molecular complexity index is 643. The molecule has 1 aliphatic rings. The van der Waals surface area contributed by atoms with Crippen LogP contribution in [0.25, 0.3) is 0 Å². The summed E-state index contributed by atoms with van der Waals surface area (Å²) in [5.74, 6) is -4.81. The van der Waals surface area contributed by atoms with Gasteiger partial charge in [0.25, 0.3) is 0 Å². The minimum atomic E-state index is -1.22. The lowest BCUT2D eigenvalue weighted by Crippen LogP contribution is -2.49. The van der Waals surface area contributed by atoms with Crippen LogP contribution in [0, 0.1) is 0 Å². The Balaban J connectivity index is 0.000000717. The minimum absolute atomic E-state index is 0.0256. The molecule has 0 saturated carbocycles. The Kier molecular flexibility index (Phi) is 12.0. The van der Waals surface area contributed by atoms with Crippen molar-refractivity contribution in [1.82, 2.24) is 16.0 Å². The van der Waals surface area contributed by atoms with E-state index in [9.17, 15) is 28.8 Å². The van der Waals surface area contributed by atoms with Crippen molar-refractivity contribution in [3.8, 4) is 0 Å². The smallest absolute Gasteiger partial charge is 0.326 e. The first-order valence-electron chi connectivity index (χ1n) is 8.38. The molecule has 1 rings (SSSR count). The number of aliphatic carboxylic acids is 3. The summed E-state index contributed by atoms with van der Waals surface area (Å²) in [4.78, 5) is 64.3. The number of nitrogens with one attached hydrogen (secondary N) is 3. The first-order chi connectivity index (χ1) is 13.5. The molecule has 1 fully saturated rings. The normalized spacial score (nSPS) is 17.0. The summed E-state index contributed by atoms with van der Waals surface area (Å²) in [6.07, 6.45) is 0.534. The number of amides is 3. The lowest BCUT2D eigenvalue weighted by molar-refractivity contribution is -0.140. The van der Waals surface area contributed by atoms with Crippen LogP contribution in [-0.2, 0) is 28.8 Å². The summed E-state index contributed by atoms with van der Waals surface area (Å²) < 4.78 is 0. The third-order valence-corrected chi connectivity index (χ3v) is 3.91. The van der Waals surface area contributed by atoms with Crippen LogP contribution in [0.3, 0.4) is 0 Å². The van der Waals surface area contributed by atoms with Gasteiger partial charge in [0.15, 0.2) is 0 Å². The predicted molar refractivity (Wildman–Crippen MR) is 100 cm³/mol. The maximum absolute atomic E-state index is 11.5. The number of carboxylic acid groups (broad SMARTS) is 3. The Labute approximate surface area is 170 Å². The molecule has 1 aliphatic heterocycles. The molecule has 0 spiro atoms. The lowest BCUT2D eigenvalue weighted by atomic mass is 10.1. The van der Waals surface area contributed by atoms with E-state index in [2.05, 4.69) is 28.6 Å². The van der Waals surface area contributed by atoms with E-state index in [1.165, 1.54) is 0 Å². The summed E-state index contributed by atoms with van der Waals surface area (Å²) in [6.45, 7) is -0.567. The fourth-order valence-electron chi connectivity index (χ4n) is 1.96. The molecule has 29 heavy (non-hydrogen) atoms. The highest BCUT2D eigenvalue weighted by Gasteiger charge is 2.26. The molecule has 3 amide bonds. The second-order valence-electron chi connectivity index (χ2n) is 5.89. The van der Waals surface area contributed by atoms with Crippen LogP contribution in [0.2, 0.25) is 0 Å². The zero-order valence-electron chi connectivity index (χ0n) is 15.3. The highest BCUT2D eigenvalue weighted by molar-refractivity contribution is 7.80. The summed E-state index contributed by atoms with van der Waals surface area (Å²) in [7, 11) is 0. The molecule has 0 aromatic heterocycles. The minimum Gasteiger partial charge on any atom is -0.480 e. The third-order valence-electron chi connectivity index (χ3n) is 3.54. The third kappa shape index (κ3) is 11.5. The number of carbonyl (C=O) groups is 6. The van der Waals surface area contributed by atoms with Crippen molar-refractivity contribution in [1.29, 1.82) is 0 Å². The molecule has 8 N–H and O–H groups in total. The number of hydrogen-bond acceptors (Lipinski definition) is 8. The van der Waals surface area contributed by atoms with Crippen molar-refractivity contribution >= 4 is 48.3 Å². The molecule has 0 aliphatic carbocycles. The molecule has 0 bridgehead atoms. The molecule has 0 aromatic carbocycles. The number of thiol groups is 1. The van der Waals surface area contributed by atoms with Gasteiger partial charge in [0, 0.05) is 18.6 Å². The fourth-order valence-corrected chi connectivity index (χ4v) is 2.21. The van der Waals surface area contributed by atoms with E-state index in [1.807, 2.05) is 0 Å². The number of carbonyl (C=O) groups excluding carboxylic acids is 3. The summed E-state index contributed by atoms with van der Waals surface area (Å²) in [5, 5.41) is 32.0. The van der Waals surface area contributed by atoms with Gasteiger partial charge in [-0.2, -0.15) is 12.6 Å². The molecule has 0 aromatic rings. The van der Waals surface area contributed by atoms with Crippen LogP contribution in [0.4, 0.5) is 0 Å². The van der Waals surface area contributed by atoms with Crippen molar-refractivity contribution in [3.63, 3.8) is 0 Å².